The summed E-state index contributed by atoms with van der Waals surface area (Å²) in [5, 5.41) is 6.46. The van der Waals surface area contributed by atoms with E-state index in [9.17, 15) is 0 Å². The molecule has 0 saturated carbocycles. The van der Waals surface area contributed by atoms with Crippen LogP contribution in [0.1, 0.15) is 6.42 Å². The monoisotopic (exact) mass is 98.1 g/mol. The van der Waals surface area contributed by atoms with Crippen LogP contribution in [0.3, 0.4) is 0 Å². The second kappa shape index (κ2) is 2.33. The van der Waals surface area contributed by atoms with E-state index >= 15 is 0 Å². The SMILES string of the molecule is BN[C@H]1CCNC1. The highest BCUT2D eigenvalue weighted by Gasteiger charge is 2.09. The van der Waals surface area contributed by atoms with E-state index < -0.39 is 0 Å². The van der Waals surface area contributed by atoms with Gasteiger partial charge in [0.1, 0.15) is 0 Å². The molecule has 1 rings (SSSR count). The molecule has 0 bridgehead atoms. The van der Waals surface area contributed by atoms with Crippen molar-refractivity contribution >= 4 is 7.98 Å². The number of nitrogens with one attached hydrogen (secondary N) is 2. The molecular formula is C4H11BN2. The predicted molar refractivity (Wildman–Crippen MR) is 33.0 cm³/mol. The van der Waals surface area contributed by atoms with Crippen LogP contribution in [0.2, 0.25) is 0 Å². The quantitative estimate of drug-likeness (QED) is 0.389. The molecule has 2 N–H and O–H groups in total. The molecule has 1 aliphatic rings. The van der Waals surface area contributed by atoms with Crippen molar-refractivity contribution in [1.82, 2.24) is 10.5 Å². The zero-order valence-corrected chi connectivity index (χ0v) is 4.70. The molecule has 0 aliphatic carbocycles. The van der Waals surface area contributed by atoms with Gasteiger partial charge in [-0.3, -0.25) is 0 Å². The van der Waals surface area contributed by atoms with Crippen molar-refractivity contribution in [3.8, 4) is 0 Å². The highest BCUT2D eigenvalue weighted by atomic mass is 15.0. The fourth-order valence-corrected chi connectivity index (χ4v) is 0.901. The smallest absolute Gasteiger partial charge is 0.182 e. The van der Waals surface area contributed by atoms with Crippen LogP contribution in [0, 0.1) is 0 Å². The Bertz CT molecular complexity index is 51.7. The second-order valence-electron chi connectivity index (χ2n) is 1.98. The van der Waals surface area contributed by atoms with Crippen molar-refractivity contribution in [3.05, 3.63) is 0 Å². The summed E-state index contributed by atoms with van der Waals surface area (Å²) in [6, 6.07) is 0.736. The Labute approximate surface area is 45.1 Å². The van der Waals surface area contributed by atoms with Crippen LogP contribution in [0.4, 0.5) is 0 Å². The first-order valence-electron chi connectivity index (χ1n) is 2.81. The zero-order valence-electron chi connectivity index (χ0n) is 4.70. The molecule has 1 saturated heterocycles. The largest absolute Gasteiger partial charge is 0.358 e. The van der Waals surface area contributed by atoms with Crippen molar-refractivity contribution < 1.29 is 0 Å². The van der Waals surface area contributed by atoms with Crippen molar-refractivity contribution in [3.63, 3.8) is 0 Å². The van der Waals surface area contributed by atoms with E-state index in [2.05, 4.69) is 10.5 Å². The van der Waals surface area contributed by atoms with E-state index in [0.717, 1.165) is 12.6 Å². The Morgan fingerprint density at radius 1 is 1.71 bits per heavy atom. The van der Waals surface area contributed by atoms with Crippen LogP contribution in [0.15, 0.2) is 0 Å². The Morgan fingerprint density at radius 2 is 2.57 bits per heavy atom. The number of hydrogen-bond donors (Lipinski definition) is 2. The van der Waals surface area contributed by atoms with Gasteiger partial charge in [0.15, 0.2) is 7.98 Å². The zero-order chi connectivity index (χ0) is 5.11. The Kier molecular flexibility index (Phi) is 1.71. The number of rotatable bonds is 1. The predicted octanol–water partition coefficient (Wildman–Crippen LogP) is -1.51. The lowest BCUT2D eigenvalue weighted by molar-refractivity contribution is 0.684. The molecule has 0 aromatic carbocycles. The van der Waals surface area contributed by atoms with E-state index in [0.29, 0.717) is 0 Å². The Morgan fingerprint density at radius 3 is 2.86 bits per heavy atom. The maximum Gasteiger partial charge on any atom is 0.182 e. The molecule has 40 valence electrons. The summed E-state index contributed by atoms with van der Waals surface area (Å²) in [6.45, 7) is 2.34. The molecule has 0 unspecified atom stereocenters. The van der Waals surface area contributed by atoms with Crippen molar-refractivity contribution in [2.75, 3.05) is 13.1 Å². The van der Waals surface area contributed by atoms with Crippen LogP contribution in [-0.4, -0.2) is 27.1 Å². The number of hydrogen-bond acceptors (Lipinski definition) is 2. The van der Waals surface area contributed by atoms with E-state index in [1.165, 1.54) is 13.0 Å². The molecule has 0 aromatic heterocycles. The minimum absolute atomic E-state index is 0.736. The maximum atomic E-state index is 3.26. The molecule has 1 aliphatic heterocycles. The van der Waals surface area contributed by atoms with Crippen LogP contribution in [-0.2, 0) is 0 Å². The van der Waals surface area contributed by atoms with Gasteiger partial charge in [-0.05, 0) is 13.0 Å². The van der Waals surface area contributed by atoms with Crippen LogP contribution in [0.5, 0.6) is 0 Å². The normalized spacial score (nSPS) is 31.1. The van der Waals surface area contributed by atoms with Gasteiger partial charge in [-0.1, -0.05) is 0 Å². The standard InChI is InChI=1S/C4H11BN2/c5-7-4-1-2-6-3-4/h4,6-7H,1-3,5H2/t4-/m0/s1. The second-order valence-corrected chi connectivity index (χ2v) is 1.98. The fourth-order valence-electron chi connectivity index (χ4n) is 0.901. The highest BCUT2D eigenvalue weighted by Crippen LogP contribution is 1.93. The summed E-state index contributed by atoms with van der Waals surface area (Å²) in [4.78, 5) is 0. The molecule has 2 nitrogen and oxygen atoms in total. The van der Waals surface area contributed by atoms with Gasteiger partial charge in [0.05, 0.1) is 0 Å². The Balaban J connectivity index is 2.14. The summed E-state index contributed by atoms with van der Waals surface area (Å²) >= 11 is 0. The lowest BCUT2D eigenvalue weighted by Gasteiger charge is -2.02. The van der Waals surface area contributed by atoms with E-state index in [4.69, 9.17) is 0 Å². The van der Waals surface area contributed by atoms with Gasteiger partial charge in [0.25, 0.3) is 0 Å². The van der Waals surface area contributed by atoms with Gasteiger partial charge in [-0.25, -0.2) is 0 Å². The molecule has 0 aromatic rings. The fraction of sp³-hybridized carbons (Fsp3) is 1.00. The van der Waals surface area contributed by atoms with Gasteiger partial charge in [0, 0.05) is 12.6 Å². The third-order valence-electron chi connectivity index (χ3n) is 1.47. The molecule has 3 heteroatoms. The van der Waals surface area contributed by atoms with Crippen LogP contribution < -0.4 is 10.5 Å². The molecule has 0 spiro atoms. The van der Waals surface area contributed by atoms with Crippen molar-refractivity contribution in [1.29, 1.82) is 0 Å². The summed E-state index contributed by atoms with van der Waals surface area (Å²) in [6.07, 6.45) is 1.29. The van der Waals surface area contributed by atoms with E-state index in [1.807, 2.05) is 7.98 Å². The summed E-state index contributed by atoms with van der Waals surface area (Å²) in [7, 11) is 2.01. The molecule has 1 heterocycles. The van der Waals surface area contributed by atoms with Gasteiger partial charge >= 0.3 is 0 Å². The van der Waals surface area contributed by atoms with Crippen molar-refractivity contribution in [2.24, 2.45) is 0 Å². The maximum absolute atomic E-state index is 3.26. The summed E-state index contributed by atoms with van der Waals surface area (Å²) < 4.78 is 0. The molecule has 0 radical (unpaired) electrons. The van der Waals surface area contributed by atoms with Gasteiger partial charge < -0.3 is 10.5 Å². The Hall–Kier alpha value is -0.0151. The molecule has 1 fully saturated rings. The third-order valence-corrected chi connectivity index (χ3v) is 1.47. The van der Waals surface area contributed by atoms with Gasteiger partial charge in [-0.2, -0.15) is 0 Å². The topological polar surface area (TPSA) is 24.1 Å². The van der Waals surface area contributed by atoms with Crippen LogP contribution in [0.25, 0.3) is 0 Å². The summed E-state index contributed by atoms with van der Waals surface area (Å²) in [5.41, 5.74) is 0. The van der Waals surface area contributed by atoms with Crippen molar-refractivity contribution in [2.45, 2.75) is 12.5 Å². The first-order chi connectivity index (χ1) is 3.43. The average Bonchev–Trinajstić information content (AvgIpc) is 2.14. The minimum Gasteiger partial charge on any atom is -0.358 e. The minimum atomic E-state index is 0.736. The van der Waals surface area contributed by atoms with E-state index in [-0.39, 0.29) is 0 Å². The average molecular weight is 98.0 g/mol. The lowest BCUT2D eigenvalue weighted by atomic mass is 10.2. The van der Waals surface area contributed by atoms with Gasteiger partial charge in [-0.15, -0.1) is 0 Å². The van der Waals surface area contributed by atoms with Crippen LogP contribution >= 0.6 is 0 Å². The summed E-state index contributed by atoms with van der Waals surface area (Å²) in [5.74, 6) is 0. The first kappa shape index (κ1) is 5.13. The molecular weight excluding hydrogens is 86.9 g/mol. The third kappa shape index (κ3) is 1.18. The highest BCUT2D eigenvalue weighted by molar-refractivity contribution is 6.04. The molecule has 7 heavy (non-hydrogen) atoms. The molecule has 1 atom stereocenters. The first-order valence-corrected chi connectivity index (χ1v) is 2.81. The van der Waals surface area contributed by atoms with Gasteiger partial charge in [0.2, 0.25) is 0 Å². The molecule has 0 amide bonds. The lowest BCUT2D eigenvalue weighted by Crippen LogP contribution is -2.28. The van der Waals surface area contributed by atoms with E-state index in [1.54, 1.807) is 0 Å².